The molecule has 0 fully saturated rings. The van der Waals surface area contributed by atoms with Crippen LogP contribution < -0.4 is 4.74 Å². The molecular weight excluding hydrogens is 244 g/mol. The number of ether oxygens (including phenoxy) is 1. The lowest BCUT2D eigenvalue weighted by Crippen LogP contribution is -1.98. The number of carboxylic acids is 1. The Morgan fingerprint density at radius 2 is 2.11 bits per heavy atom. The van der Waals surface area contributed by atoms with Gasteiger partial charge in [-0.25, -0.2) is 0 Å². The maximum atomic E-state index is 10.7. The van der Waals surface area contributed by atoms with Crippen molar-refractivity contribution in [1.82, 2.24) is 0 Å². The Hall–Kier alpha value is -2.23. The van der Waals surface area contributed by atoms with Gasteiger partial charge < -0.3 is 14.3 Å². The third-order valence-electron chi connectivity index (χ3n) is 2.69. The fourth-order valence-corrected chi connectivity index (χ4v) is 1.88. The van der Waals surface area contributed by atoms with Crippen molar-refractivity contribution in [3.05, 3.63) is 41.7 Å². The molecule has 2 aromatic rings. The van der Waals surface area contributed by atoms with E-state index in [9.17, 15) is 4.79 Å². The number of hydrogen-bond donors (Lipinski definition) is 1. The van der Waals surface area contributed by atoms with Crippen molar-refractivity contribution in [1.29, 1.82) is 0 Å². The maximum absolute atomic E-state index is 10.7. The summed E-state index contributed by atoms with van der Waals surface area (Å²) >= 11 is 0. The van der Waals surface area contributed by atoms with Gasteiger partial charge >= 0.3 is 5.97 Å². The molecule has 0 saturated heterocycles. The Morgan fingerprint density at radius 1 is 1.32 bits per heavy atom. The zero-order valence-corrected chi connectivity index (χ0v) is 11.0. The first-order valence-electron chi connectivity index (χ1n) is 6.14. The molecule has 0 spiro atoms. The molecular formula is C15H16O4. The minimum Gasteiger partial charge on any atom is -0.493 e. The molecule has 1 heterocycles. The van der Waals surface area contributed by atoms with Gasteiger partial charge in [-0.2, -0.15) is 0 Å². The summed E-state index contributed by atoms with van der Waals surface area (Å²) in [6, 6.07) is 9.29. The zero-order chi connectivity index (χ0) is 13.8. The zero-order valence-electron chi connectivity index (χ0n) is 11.0. The van der Waals surface area contributed by atoms with Crippen LogP contribution in [0.2, 0.25) is 0 Å². The van der Waals surface area contributed by atoms with Gasteiger partial charge in [-0.1, -0.05) is 11.6 Å². The van der Waals surface area contributed by atoms with Crippen molar-refractivity contribution < 1.29 is 19.1 Å². The highest BCUT2D eigenvalue weighted by Crippen LogP contribution is 2.32. The second kappa shape index (κ2) is 5.61. The summed E-state index contributed by atoms with van der Waals surface area (Å²) in [6.45, 7) is 4.47. The number of hydrogen-bond acceptors (Lipinski definition) is 3. The highest BCUT2D eigenvalue weighted by Gasteiger charge is 2.12. The molecule has 0 aliphatic heterocycles. The third-order valence-corrected chi connectivity index (χ3v) is 2.69. The van der Waals surface area contributed by atoms with Crippen molar-refractivity contribution >= 4 is 5.97 Å². The summed E-state index contributed by atoms with van der Waals surface area (Å²) in [5, 5.41) is 8.74. The monoisotopic (exact) mass is 260 g/mol. The molecule has 4 nitrogen and oxygen atoms in total. The second-order valence-corrected chi connectivity index (χ2v) is 4.27. The van der Waals surface area contributed by atoms with E-state index in [4.69, 9.17) is 14.3 Å². The number of rotatable bonds is 5. The molecule has 0 saturated carbocycles. The fraction of sp³-hybridized carbons (Fsp3) is 0.267. The molecule has 100 valence electrons. The Kier molecular flexibility index (Phi) is 3.90. The molecule has 0 unspecified atom stereocenters. The molecule has 1 aromatic carbocycles. The largest absolute Gasteiger partial charge is 0.493 e. The fourth-order valence-electron chi connectivity index (χ4n) is 1.88. The standard InChI is InChI=1S/C15H16O4/c1-3-18-13-6-4-10(2)8-12(13)14-7-5-11(19-14)9-15(16)17/h4-8H,3,9H2,1-2H3,(H,16,17). The highest BCUT2D eigenvalue weighted by atomic mass is 16.5. The number of furan rings is 1. The lowest BCUT2D eigenvalue weighted by atomic mass is 10.1. The van der Waals surface area contributed by atoms with Gasteiger partial charge in [0.15, 0.2) is 0 Å². The molecule has 1 N–H and O–H groups in total. The average molecular weight is 260 g/mol. The van der Waals surface area contributed by atoms with Gasteiger partial charge in [0.2, 0.25) is 0 Å². The van der Waals surface area contributed by atoms with Gasteiger partial charge in [0.1, 0.15) is 23.7 Å². The Balaban J connectivity index is 2.37. The molecule has 0 bridgehead atoms. The lowest BCUT2D eigenvalue weighted by Gasteiger charge is -2.09. The van der Waals surface area contributed by atoms with E-state index in [0.29, 0.717) is 18.1 Å². The average Bonchev–Trinajstić information content (AvgIpc) is 2.79. The first kappa shape index (κ1) is 13.2. The van der Waals surface area contributed by atoms with E-state index in [1.165, 1.54) is 0 Å². The number of aliphatic carboxylic acids is 1. The minimum atomic E-state index is -0.907. The lowest BCUT2D eigenvalue weighted by molar-refractivity contribution is -0.136. The van der Waals surface area contributed by atoms with E-state index in [-0.39, 0.29) is 6.42 Å². The number of benzene rings is 1. The van der Waals surface area contributed by atoms with Crippen LogP contribution in [-0.2, 0) is 11.2 Å². The molecule has 0 amide bonds. The van der Waals surface area contributed by atoms with Gasteiger partial charge in [0, 0.05) is 0 Å². The van der Waals surface area contributed by atoms with E-state index >= 15 is 0 Å². The Morgan fingerprint density at radius 3 is 2.79 bits per heavy atom. The smallest absolute Gasteiger partial charge is 0.311 e. The van der Waals surface area contributed by atoms with Crippen molar-refractivity contribution in [3.8, 4) is 17.1 Å². The minimum absolute atomic E-state index is 0.115. The van der Waals surface area contributed by atoms with Crippen LogP contribution in [0, 0.1) is 6.92 Å². The predicted octanol–water partition coefficient (Wildman–Crippen LogP) is 3.28. The Bertz CT molecular complexity index is 584. The van der Waals surface area contributed by atoms with Gasteiger partial charge in [-0.15, -0.1) is 0 Å². The number of carbonyl (C=O) groups is 1. The van der Waals surface area contributed by atoms with E-state index in [1.807, 2.05) is 32.0 Å². The first-order valence-corrected chi connectivity index (χ1v) is 6.14. The molecule has 0 radical (unpaired) electrons. The van der Waals surface area contributed by atoms with Gasteiger partial charge in [0.05, 0.1) is 12.2 Å². The van der Waals surface area contributed by atoms with Crippen LogP contribution in [0.4, 0.5) is 0 Å². The summed E-state index contributed by atoms with van der Waals surface area (Å²) in [4.78, 5) is 10.7. The third kappa shape index (κ3) is 3.16. The molecule has 0 aliphatic rings. The molecule has 4 heteroatoms. The van der Waals surface area contributed by atoms with Crippen molar-refractivity contribution in [3.63, 3.8) is 0 Å². The molecule has 19 heavy (non-hydrogen) atoms. The normalized spacial score (nSPS) is 10.4. The molecule has 2 rings (SSSR count). The maximum Gasteiger partial charge on any atom is 0.311 e. The van der Waals surface area contributed by atoms with Crippen molar-refractivity contribution in [2.75, 3.05) is 6.61 Å². The topological polar surface area (TPSA) is 59.7 Å². The van der Waals surface area contributed by atoms with E-state index in [2.05, 4.69) is 0 Å². The van der Waals surface area contributed by atoms with Gasteiger partial charge in [0.25, 0.3) is 0 Å². The summed E-state index contributed by atoms with van der Waals surface area (Å²) < 4.78 is 11.1. The SMILES string of the molecule is CCOc1ccc(C)cc1-c1ccc(CC(=O)O)o1. The van der Waals surface area contributed by atoms with Crippen LogP contribution in [0.1, 0.15) is 18.2 Å². The summed E-state index contributed by atoms with van der Waals surface area (Å²) in [6.07, 6.45) is -0.115. The quantitative estimate of drug-likeness (QED) is 0.896. The van der Waals surface area contributed by atoms with Crippen LogP contribution >= 0.6 is 0 Å². The predicted molar refractivity (Wildman–Crippen MR) is 71.4 cm³/mol. The number of aryl methyl sites for hydroxylation is 1. The van der Waals surface area contributed by atoms with E-state index in [0.717, 1.165) is 16.9 Å². The van der Waals surface area contributed by atoms with Crippen molar-refractivity contribution in [2.24, 2.45) is 0 Å². The van der Waals surface area contributed by atoms with Crippen LogP contribution in [0.5, 0.6) is 5.75 Å². The summed E-state index contributed by atoms with van der Waals surface area (Å²) in [5.41, 5.74) is 1.94. The van der Waals surface area contributed by atoms with Gasteiger partial charge in [-0.3, -0.25) is 4.79 Å². The van der Waals surface area contributed by atoms with Crippen LogP contribution in [0.15, 0.2) is 34.7 Å². The van der Waals surface area contributed by atoms with Crippen LogP contribution in [0.25, 0.3) is 11.3 Å². The van der Waals surface area contributed by atoms with E-state index < -0.39 is 5.97 Å². The van der Waals surface area contributed by atoms with Crippen molar-refractivity contribution in [2.45, 2.75) is 20.3 Å². The summed E-state index contributed by atoms with van der Waals surface area (Å²) in [7, 11) is 0. The van der Waals surface area contributed by atoms with Crippen LogP contribution in [0.3, 0.4) is 0 Å². The van der Waals surface area contributed by atoms with E-state index in [1.54, 1.807) is 12.1 Å². The molecule has 0 aliphatic carbocycles. The van der Waals surface area contributed by atoms with Gasteiger partial charge in [-0.05, 0) is 38.1 Å². The second-order valence-electron chi connectivity index (χ2n) is 4.27. The first-order chi connectivity index (χ1) is 9.10. The highest BCUT2D eigenvalue weighted by molar-refractivity contribution is 5.71. The molecule has 1 aromatic heterocycles. The number of carboxylic acid groups (broad SMARTS) is 1. The Labute approximate surface area is 111 Å². The van der Waals surface area contributed by atoms with Crippen LogP contribution in [-0.4, -0.2) is 17.7 Å². The molecule has 0 atom stereocenters. The summed E-state index contributed by atoms with van der Waals surface area (Å²) in [5.74, 6) is 0.898.